The number of nitrogens with two attached hydrogens (primary N) is 1. The topological polar surface area (TPSA) is 80.9 Å². The average Bonchev–Trinajstić information content (AvgIpc) is 2.48. The fourth-order valence-electron chi connectivity index (χ4n) is 2.18. The summed E-state index contributed by atoms with van der Waals surface area (Å²) in [6.07, 6.45) is 3.15. The van der Waals surface area contributed by atoms with E-state index in [4.69, 9.17) is 5.73 Å². The summed E-state index contributed by atoms with van der Waals surface area (Å²) >= 11 is 0. The number of rotatable bonds is 2. The monoisotopic (exact) mass is 278 g/mol. The van der Waals surface area contributed by atoms with Crippen LogP contribution in [0.15, 0.2) is 48.8 Å². The third-order valence-corrected chi connectivity index (χ3v) is 3.23. The number of nitrogen functional groups attached to an aromatic ring is 1. The lowest BCUT2D eigenvalue weighted by molar-refractivity contribution is 0.102. The van der Waals surface area contributed by atoms with Gasteiger partial charge in [-0.15, -0.1) is 0 Å². The summed E-state index contributed by atoms with van der Waals surface area (Å²) in [6, 6.07) is 11.1. The van der Waals surface area contributed by atoms with E-state index in [1.807, 2.05) is 43.3 Å². The van der Waals surface area contributed by atoms with Gasteiger partial charge in [0, 0.05) is 17.8 Å². The molecule has 0 atom stereocenters. The lowest BCUT2D eigenvalue weighted by Crippen LogP contribution is -2.14. The molecule has 2 aromatic heterocycles. The SMILES string of the molecule is Cc1ccnc(NC(=O)c2cnc(N)c3ccccc23)c1. The van der Waals surface area contributed by atoms with Gasteiger partial charge in [0.1, 0.15) is 11.6 Å². The summed E-state index contributed by atoms with van der Waals surface area (Å²) in [5, 5.41) is 4.32. The van der Waals surface area contributed by atoms with E-state index in [-0.39, 0.29) is 5.91 Å². The molecule has 0 radical (unpaired) electrons. The Morgan fingerprint density at radius 2 is 1.90 bits per heavy atom. The van der Waals surface area contributed by atoms with Crippen molar-refractivity contribution in [1.82, 2.24) is 9.97 Å². The Morgan fingerprint density at radius 3 is 2.67 bits per heavy atom. The molecule has 0 saturated heterocycles. The minimum absolute atomic E-state index is 0.253. The Bertz CT molecular complexity index is 829. The highest BCUT2D eigenvalue weighted by Crippen LogP contribution is 2.23. The molecule has 3 N–H and O–H groups in total. The average molecular weight is 278 g/mol. The molecular weight excluding hydrogens is 264 g/mol. The number of hydrogen-bond acceptors (Lipinski definition) is 4. The van der Waals surface area contributed by atoms with Gasteiger partial charge >= 0.3 is 0 Å². The van der Waals surface area contributed by atoms with Crippen LogP contribution in [0, 0.1) is 6.92 Å². The molecule has 0 spiro atoms. The van der Waals surface area contributed by atoms with E-state index in [2.05, 4.69) is 15.3 Å². The quantitative estimate of drug-likeness (QED) is 0.755. The van der Waals surface area contributed by atoms with E-state index < -0.39 is 0 Å². The van der Waals surface area contributed by atoms with Crippen LogP contribution in [0.3, 0.4) is 0 Å². The van der Waals surface area contributed by atoms with E-state index >= 15 is 0 Å². The second kappa shape index (κ2) is 5.20. The van der Waals surface area contributed by atoms with Crippen molar-refractivity contribution in [2.45, 2.75) is 6.92 Å². The van der Waals surface area contributed by atoms with Crippen molar-refractivity contribution >= 4 is 28.3 Å². The number of fused-ring (bicyclic) bond motifs is 1. The number of hydrogen-bond donors (Lipinski definition) is 2. The van der Waals surface area contributed by atoms with E-state index in [1.54, 1.807) is 6.20 Å². The molecule has 2 heterocycles. The lowest BCUT2D eigenvalue weighted by atomic mass is 10.1. The molecule has 104 valence electrons. The van der Waals surface area contributed by atoms with Gasteiger partial charge in [0.2, 0.25) is 0 Å². The van der Waals surface area contributed by atoms with Crippen LogP contribution in [-0.4, -0.2) is 15.9 Å². The van der Waals surface area contributed by atoms with Gasteiger partial charge < -0.3 is 11.1 Å². The third-order valence-electron chi connectivity index (χ3n) is 3.23. The maximum Gasteiger partial charge on any atom is 0.259 e. The van der Waals surface area contributed by atoms with Crippen LogP contribution in [-0.2, 0) is 0 Å². The van der Waals surface area contributed by atoms with Crippen LogP contribution < -0.4 is 11.1 Å². The number of anilines is 2. The molecule has 0 aliphatic heterocycles. The number of carbonyl (C=O) groups excluding carboxylic acids is 1. The van der Waals surface area contributed by atoms with Crippen LogP contribution in [0.4, 0.5) is 11.6 Å². The number of nitrogens with zero attached hydrogens (tertiary/aromatic N) is 2. The molecular formula is C16H14N4O. The number of aromatic nitrogens is 2. The molecule has 5 heteroatoms. The van der Waals surface area contributed by atoms with Crippen molar-refractivity contribution < 1.29 is 4.79 Å². The first-order valence-corrected chi connectivity index (χ1v) is 6.52. The van der Waals surface area contributed by atoms with E-state index in [0.717, 1.165) is 16.3 Å². The van der Waals surface area contributed by atoms with Gasteiger partial charge in [-0.2, -0.15) is 0 Å². The van der Waals surface area contributed by atoms with Gasteiger partial charge in [-0.1, -0.05) is 24.3 Å². The minimum atomic E-state index is -0.253. The van der Waals surface area contributed by atoms with Gasteiger partial charge in [-0.3, -0.25) is 4.79 Å². The summed E-state index contributed by atoms with van der Waals surface area (Å²) in [7, 11) is 0. The Kier molecular flexibility index (Phi) is 3.23. The number of carbonyl (C=O) groups is 1. The molecule has 0 fully saturated rings. The Morgan fingerprint density at radius 1 is 1.14 bits per heavy atom. The lowest BCUT2D eigenvalue weighted by Gasteiger charge is -2.08. The molecule has 0 bridgehead atoms. The van der Waals surface area contributed by atoms with Crippen LogP contribution in [0.1, 0.15) is 15.9 Å². The van der Waals surface area contributed by atoms with Crippen molar-refractivity contribution in [3.05, 3.63) is 59.9 Å². The fourth-order valence-corrected chi connectivity index (χ4v) is 2.18. The molecule has 3 rings (SSSR count). The zero-order valence-corrected chi connectivity index (χ0v) is 11.5. The largest absolute Gasteiger partial charge is 0.383 e. The van der Waals surface area contributed by atoms with E-state index in [9.17, 15) is 4.79 Å². The van der Waals surface area contributed by atoms with Crippen LogP contribution in [0.2, 0.25) is 0 Å². The molecule has 1 aromatic carbocycles. The van der Waals surface area contributed by atoms with Crippen LogP contribution in [0.5, 0.6) is 0 Å². The van der Waals surface area contributed by atoms with Crippen molar-refractivity contribution in [3.8, 4) is 0 Å². The van der Waals surface area contributed by atoms with Gasteiger partial charge in [0.05, 0.1) is 5.56 Å². The first-order chi connectivity index (χ1) is 10.1. The van der Waals surface area contributed by atoms with Crippen molar-refractivity contribution in [2.24, 2.45) is 0 Å². The van der Waals surface area contributed by atoms with Crippen molar-refractivity contribution in [2.75, 3.05) is 11.1 Å². The molecule has 0 saturated carbocycles. The van der Waals surface area contributed by atoms with E-state index in [1.165, 1.54) is 6.20 Å². The van der Waals surface area contributed by atoms with Gasteiger partial charge in [0.25, 0.3) is 5.91 Å². The maximum atomic E-state index is 12.4. The standard InChI is InChI=1S/C16H14N4O/c1-10-6-7-18-14(8-10)20-16(21)13-9-19-15(17)12-5-3-2-4-11(12)13/h2-9H,1H3,(H2,17,19)(H,18,20,21). The second-order valence-electron chi connectivity index (χ2n) is 4.78. The number of aryl methyl sites for hydroxylation is 1. The predicted octanol–water partition coefficient (Wildman–Crippen LogP) is 2.77. The fraction of sp³-hybridized carbons (Fsp3) is 0.0625. The maximum absolute atomic E-state index is 12.4. The van der Waals surface area contributed by atoms with Gasteiger partial charge in [-0.05, 0) is 30.0 Å². The van der Waals surface area contributed by atoms with Crippen LogP contribution >= 0.6 is 0 Å². The van der Waals surface area contributed by atoms with Crippen molar-refractivity contribution in [1.29, 1.82) is 0 Å². The Labute approximate surface area is 121 Å². The highest BCUT2D eigenvalue weighted by molar-refractivity contribution is 6.13. The van der Waals surface area contributed by atoms with E-state index in [0.29, 0.717) is 17.2 Å². The molecule has 0 aliphatic rings. The highest BCUT2D eigenvalue weighted by atomic mass is 16.1. The summed E-state index contributed by atoms with van der Waals surface area (Å²) in [5.41, 5.74) is 7.35. The Hall–Kier alpha value is -2.95. The normalized spacial score (nSPS) is 10.5. The minimum Gasteiger partial charge on any atom is -0.383 e. The predicted molar refractivity (Wildman–Crippen MR) is 83.1 cm³/mol. The zero-order valence-electron chi connectivity index (χ0n) is 11.5. The van der Waals surface area contributed by atoms with Crippen LogP contribution in [0.25, 0.3) is 10.8 Å². The molecule has 21 heavy (non-hydrogen) atoms. The first-order valence-electron chi connectivity index (χ1n) is 6.52. The molecule has 0 aliphatic carbocycles. The molecule has 0 unspecified atom stereocenters. The summed E-state index contributed by atoms with van der Waals surface area (Å²) in [5.74, 6) is 0.675. The number of pyridine rings is 2. The number of benzene rings is 1. The van der Waals surface area contributed by atoms with Crippen molar-refractivity contribution in [3.63, 3.8) is 0 Å². The molecule has 5 nitrogen and oxygen atoms in total. The summed E-state index contributed by atoms with van der Waals surface area (Å²) < 4.78 is 0. The van der Waals surface area contributed by atoms with Gasteiger partial charge in [0.15, 0.2) is 0 Å². The molecule has 3 aromatic rings. The smallest absolute Gasteiger partial charge is 0.259 e. The second-order valence-corrected chi connectivity index (χ2v) is 4.78. The van der Waals surface area contributed by atoms with Gasteiger partial charge in [-0.25, -0.2) is 9.97 Å². The summed E-state index contributed by atoms with van der Waals surface area (Å²) in [6.45, 7) is 1.94. The zero-order chi connectivity index (χ0) is 14.8. The number of nitrogens with one attached hydrogen (secondary N) is 1. The summed E-state index contributed by atoms with van der Waals surface area (Å²) in [4.78, 5) is 20.6. The highest BCUT2D eigenvalue weighted by Gasteiger charge is 2.13. The molecule has 1 amide bonds. The number of amides is 1. The Balaban J connectivity index is 2.01. The first kappa shape index (κ1) is 13.1. The third kappa shape index (κ3) is 2.53.